The predicted molar refractivity (Wildman–Crippen MR) is 84.6 cm³/mol. The Morgan fingerprint density at radius 1 is 1.05 bits per heavy atom. The molecular formula is C18H23NO. The van der Waals surface area contributed by atoms with Crippen molar-refractivity contribution in [1.29, 1.82) is 0 Å². The maximum atomic E-state index is 12.0. The van der Waals surface area contributed by atoms with Gasteiger partial charge in [0.25, 0.3) is 0 Å². The van der Waals surface area contributed by atoms with Crippen LogP contribution < -0.4 is 5.32 Å². The molecule has 1 unspecified atom stereocenters. The smallest absolute Gasteiger partial charge is 0.220 e. The number of fused-ring (bicyclic) bond motifs is 1. The summed E-state index contributed by atoms with van der Waals surface area (Å²) in [6.07, 6.45) is 1.54. The Hall–Kier alpha value is -1.83. The second-order valence-corrected chi connectivity index (χ2v) is 5.79. The van der Waals surface area contributed by atoms with E-state index in [4.69, 9.17) is 0 Å². The van der Waals surface area contributed by atoms with E-state index in [1.54, 1.807) is 0 Å². The van der Waals surface area contributed by atoms with Crippen LogP contribution in [0.15, 0.2) is 42.5 Å². The molecule has 0 heterocycles. The average molecular weight is 269 g/mol. The zero-order chi connectivity index (χ0) is 14.5. The molecule has 1 amide bonds. The van der Waals surface area contributed by atoms with Crippen LogP contribution in [-0.2, 0) is 4.79 Å². The standard InChI is InChI=1S/C18H23NO/c1-13(2)11-12-18(20)19-14(3)16-10-6-8-15-7-4-5-9-17(15)16/h4-10,13-14H,11-12H2,1-3H3,(H,19,20). The van der Waals surface area contributed by atoms with Crippen molar-refractivity contribution < 1.29 is 4.79 Å². The van der Waals surface area contributed by atoms with Crippen LogP contribution in [0.2, 0.25) is 0 Å². The Morgan fingerprint density at radius 3 is 2.50 bits per heavy atom. The van der Waals surface area contributed by atoms with Crippen LogP contribution in [0.4, 0.5) is 0 Å². The van der Waals surface area contributed by atoms with E-state index in [0.29, 0.717) is 12.3 Å². The van der Waals surface area contributed by atoms with Gasteiger partial charge in [0.05, 0.1) is 6.04 Å². The zero-order valence-electron chi connectivity index (χ0n) is 12.5. The van der Waals surface area contributed by atoms with Crippen molar-refractivity contribution in [1.82, 2.24) is 5.32 Å². The number of hydrogen-bond acceptors (Lipinski definition) is 1. The van der Waals surface area contributed by atoms with Crippen LogP contribution in [0.5, 0.6) is 0 Å². The van der Waals surface area contributed by atoms with Gasteiger partial charge < -0.3 is 5.32 Å². The van der Waals surface area contributed by atoms with Crippen molar-refractivity contribution >= 4 is 16.7 Å². The molecule has 0 aromatic heterocycles. The molecule has 2 aromatic carbocycles. The second kappa shape index (κ2) is 6.56. The van der Waals surface area contributed by atoms with E-state index in [1.165, 1.54) is 16.3 Å². The van der Waals surface area contributed by atoms with Crippen LogP contribution in [-0.4, -0.2) is 5.91 Å². The van der Waals surface area contributed by atoms with E-state index in [-0.39, 0.29) is 11.9 Å². The van der Waals surface area contributed by atoms with Crippen molar-refractivity contribution in [3.8, 4) is 0 Å². The lowest BCUT2D eigenvalue weighted by Gasteiger charge is -2.17. The Bertz CT molecular complexity index is 583. The van der Waals surface area contributed by atoms with Crippen LogP contribution in [0.1, 0.15) is 45.2 Å². The molecule has 2 nitrogen and oxygen atoms in total. The molecule has 0 radical (unpaired) electrons. The molecule has 2 heteroatoms. The van der Waals surface area contributed by atoms with Crippen LogP contribution in [0.3, 0.4) is 0 Å². The Labute approximate surface area is 121 Å². The molecule has 0 aliphatic rings. The summed E-state index contributed by atoms with van der Waals surface area (Å²) in [6, 6.07) is 14.6. The van der Waals surface area contributed by atoms with Gasteiger partial charge in [-0.25, -0.2) is 0 Å². The summed E-state index contributed by atoms with van der Waals surface area (Å²) >= 11 is 0. The predicted octanol–water partition coefficient (Wildman–Crippen LogP) is 4.45. The first-order valence-electron chi connectivity index (χ1n) is 7.35. The fraction of sp³-hybridized carbons (Fsp3) is 0.389. The highest BCUT2D eigenvalue weighted by atomic mass is 16.1. The zero-order valence-corrected chi connectivity index (χ0v) is 12.5. The van der Waals surface area contributed by atoms with E-state index in [2.05, 4.69) is 56.4 Å². The minimum Gasteiger partial charge on any atom is -0.350 e. The maximum Gasteiger partial charge on any atom is 0.220 e. The summed E-state index contributed by atoms with van der Waals surface area (Å²) < 4.78 is 0. The number of rotatable bonds is 5. The topological polar surface area (TPSA) is 29.1 Å². The van der Waals surface area contributed by atoms with E-state index < -0.39 is 0 Å². The highest BCUT2D eigenvalue weighted by Crippen LogP contribution is 2.24. The largest absolute Gasteiger partial charge is 0.350 e. The van der Waals surface area contributed by atoms with Gasteiger partial charge in [0.15, 0.2) is 0 Å². The van der Waals surface area contributed by atoms with Crippen LogP contribution in [0.25, 0.3) is 10.8 Å². The monoisotopic (exact) mass is 269 g/mol. The number of amides is 1. The summed E-state index contributed by atoms with van der Waals surface area (Å²) in [5.74, 6) is 0.702. The summed E-state index contributed by atoms with van der Waals surface area (Å²) in [7, 11) is 0. The number of benzene rings is 2. The SMILES string of the molecule is CC(C)CCC(=O)NC(C)c1cccc2ccccc12. The van der Waals surface area contributed by atoms with Gasteiger partial charge in [-0.15, -0.1) is 0 Å². The van der Waals surface area contributed by atoms with Crippen molar-refractivity contribution in [2.75, 3.05) is 0 Å². The third kappa shape index (κ3) is 3.60. The highest BCUT2D eigenvalue weighted by Gasteiger charge is 2.12. The Balaban J connectivity index is 2.11. The minimum atomic E-state index is 0.0424. The van der Waals surface area contributed by atoms with E-state index in [1.807, 2.05) is 12.1 Å². The average Bonchev–Trinajstić information content (AvgIpc) is 2.44. The first-order chi connectivity index (χ1) is 9.58. The molecule has 0 spiro atoms. The Morgan fingerprint density at radius 2 is 1.75 bits per heavy atom. The van der Waals surface area contributed by atoms with Gasteiger partial charge in [-0.05, 0) is 35.6 Å². The lowest BCUT2D eigenvalue weighted by molar-refractivity contribution is -0.122. The normalized spacial score (nSPS) is 12.6. The fourth-order valence-electron chi connectivity index (χ4n) is 2.44. The van der Waals surface area contributed by atoms with Crippen molar-refractivity contribution in [3.05, 3.63) is 48.0 Å². The minimum absolute atomic E-state index is 0.0424. The third-order valence-corrected chi connectivity index (χ3v) is 3.62. The highest BCUT2D eigenvalue weighted by molar-refractivity contribution is 5.86. The first kappa shape index (κ1) is 14.6. The molecule has 0 aliphatic heterocycles. The molecule has 2 aromatic rings. The fourth-order valence-corrected chi connectivity index (χ4v) is 2.44. The number of nitrogens with one attached hydrogen (secondary N) is 1. The van der Waals surface area contributed by atoms with Gasteiger partial charge in [0, 0.05) is 6.42 Å². The van der Waals surface area contributed by atoms with E-state index >= 15 is 0 Å². The molecule has 1 N–H and O–H groups in total. The molecule has 0 bridgehead atoms. The molecule has 106 valence electrons. The number of hydrogen-bond donors (Lipinski definition) is 1. The first-order valence-corrected chi connectivity index (χ1v) is 7.35. The van der Waals surface area contributed by atoms with E-state index in [9.17, 15) is 4.79 Å². The molecule has 0 saturated carbocycles. The molecule has 0 fully saturated rings. The van der Waals surface area contributed by atoms with Gasteiger partial charge in [-0.3, -0.25) is 4.79 Å². The van der Waals surface area contributed by atoms with Crippen molar-refractivity contribution in [2.24, 2.45) is 5.92 Å². The summed E-state index contributed by atoms with van der Waals surface area (Å²) in [6.45, 7) is 6.33. The second-order valence-electron chi connectivity index (χ2n) is 5.79. The lowest BCUT2D eigenvalue weighted by Crippen LogP contribution is -2.26. The van der Waals surface area contributed by atoms with Crippen molar-refractivity contribution in [2.45, 2.75) is 39.7 Å². The summed E-state index contributed by atoms with van der Waals surface area (Å²) in [5, 5.41) is 5.54. The third-order valence-electron chi connectivity index (χ3n) is 3.62. The molecule has 1 atom stereocenters. The van der Waals surface area contributed by atoms with Gasteiger partial charge >= 0.3 is 0 Å². The van der Waals surface area contributed by atoms with Crippen LogP contribution in [0, 0.1) is 5.92 Å². The maximum absolute atomic E-state index is 12.0. The molecular weight excluding hydrogens is 246 g/mol. The van der Waals surface area contributed by atoms with Crippen molar-refractivity contribution in [3.63, 3.8) is 0 Å². The number of carbonyl (C=O) groups excluding carboxylic acids is 1. The lowest BCUT2D eigenvalue weighted by atomic mass is 9.99. The molecule has 0 aliphatic carbocycles. The van der Waals surface area contributed by atoms with E-state index in [0.717, 1.165) is 6.42 Å². The molecule has 0 saturated heterocycles. The Kier molecular flexibility index (Phi) is 4.78. The quantitative estimate of drug-likeness (QED) is 0.853. The van der Waals surface area contributed by atoms with Gasteiger partial charge in [-0.2, -0.15) is 0 Å². The number of carbonyl (C=O) groups is 1. The summed E-state index contributed by atoms with van der Waals surface area (Å²) in [4.78, 5) is 12.0. The van der Waals surface area contributed by atoms with Crippen LogP contribution >= 0.6 is 0 Å². The molecule has 2 rings (SSSR count). The van der Waals surface area contributed by atoms with Gasteiger partial charge in [0.2, 0.25) is 5.91 Å². The van der Waals surface area contributed by atoms with Gasteiger partial charge in [-0.1, -0.05) is 56.3 Å². The molecule has 20 heavy (non-hydrogen) atoms. The summed E-state index contributed by atoms with van der Waals surface area (Å²) in [5.41, 5.74) is 1.18. The van der Waals surface area contributed by atoms with Gasteiger partial charge in [0.1, 0.15) is 0 Å².